The van der Waals surface area contributed by atoms with Gasteiger partial charge in [0.2, 0.25) is 0 Å². The molecule has 1 atom stereocenters. The molecule has 1 N–H and O–H groups in total. The topological polar surface area (TPSA) is 12.0 Å². The summed E-state index contributed by atoms with van der Waals surface area (Å²) in [6.07, 6.45) is 0. The predicted octanol–water partition coefficient (Wildman–Crippen LogP) is 2.11. The lowest BCUT2D eigenvalue weighted by Gasteiger charge is -2.09. The number of benzene rings is 1. The molecule has 12 heavy (non-hydrogen) atoms. The Morgan fingerprint density at radius 3 is 2.50 bits per heavy atom. The SMILES string of the molecule is CNC(S)c1ccc(F)c(F)c1. The fourth-order valence-corrected chi connectivity index (χ4v) is 1.01. The molecular formula is C8H9F2NS. The van der Waals surface area contributed by atoms with Crippen LogP contribution in [0.3, 0.4) is 0 Å². The number of nitrogens with one attached hydrogen (secondary N) is 1. The molecule has 0 fully saturated rings. The van der Waals surface area contributed by atoms with E-state index in [-0.39, 0.29) is 5.37 Å². The number of rotatable bonds is 2. The second kappa shape index (κ2) is 3.87. The summed E-state index contributed by atoms with van der Waals surface area (Å²) in [5, 5.41) is 2.54. The van der Waals surface area contributed by atoms with E-state index in [2.05, 4.69) is 17.9 Å². The van der Waals surface area contributed by atoms with Gasteiger partial charge in [-0.15, -0.1) is 0 Å². The summed E-state index contributed by atoms with van der Waals surface area (Å²) in [4.78, 5) is 0. The standard InChI is InChI=1S/C8H9F2NS/c1-11-8(12)5-2-3-6(9)7(10)4-5/h2-4,8,11-12H,1H3. The zero-order valence-corrected chi connectivity index (χ0v) is 7.41. The number of halogens is 2. The molecule has 0 bridgehead atoms. The summed E-state index contributed by atoms with van der Waals surface area (Å²) in [6.45, 7) is 0. The summed E-state index contributed by atoms with van der Waals surface area (Å²) in [7, 11) is 1.69. The number of hydrogen-bond donors (Lipinski definition) is 2. The molecule has 0 aliphatic rings. The maximum absolute atomic E-state index is 12.6. The molecule has 0 spiro atoms. The summed E-state index contributed by atoms with van der Waals surface area (Å²) in [6, 6.07) is 3.71. The van der Waals surface area contributed by atoms with Crippen molar-refractivity contribution < 1.29 is 8.78 Å². The first-order valence-corrected chi connectivity index (χ1v) is 3.97. The van der Waals surface area contributed by atoms with E-state index < -0.39 is 11.6 Å². The van der Waals surface area contributed by atoms with Crippen LogP contribution >= 0.6 is 12.6 Å². The quantitative estimate of drug-likeness (QED) is 0.536. The molecule has 1 nitrogen and oxygen atoms in total. The first-order valence-electron chi connectivity index (χ1n) is 3.45. The van der Waals surface area contributed by atoms with Crippen LogP contribution in [0.25, 0.3) is 0 Å². The lowest BCUT2D eigenvalue weighted by Crippen LogP contribution is -2.10. The van der Waals surface area contributed by atoms with Gasteiger partial charge in [-0.25, -0.2) is 8.78 Å². The Labute approximate surface area is 75.2 Å². The molecular weight excluding hydrogens is 180 g/mol. The highest BCUT2D eigenvalue weighted by molar-refractivity contribution is 7.80. The lowest BCUT2D eigenvalue weighted by atomic mass is 10.2. The zero-order valence-electron chi connectivity index (χ0n) is 6.51. The molecule has 1 aromatic carbocycles. The van der Waals surface area contributed by atoms with Crippen LogP contribution in [0.4, 0.5) is 8.78 Å². The van der Waals surface area contributed by atoms with Crippen LogP contribution in [0.2, 0.25) is 0 Å². The first-order chi connectivity index (χ1) is 5.65. The van der Waals surface area contributed by atoms with Gasteiger partial charge < -0.3 is 5.32 Å². The van der Waals surface area contributed by atoms with E-state index in [1.54, 1.807) is 7.05 Å². The molecule has 0 radical (unpaired) electrons. The van der Waals surface area contributed by atoms with Gasteiger partial charge in [-0.1, -0.05) is 6.07 Å². The number of thiol groups is 1. The average molecular weight is 189 g/mol. The van der Waals surface area contributed by atoms with E-state index in [0.717, 1.165) is 12.1 Å². The second-order valence-electron chi connectivity index (χ2n) is 2.36. The van der Waals surface area contributed by atoms with Gasteiger partial charge in [-0.2, -0.15) is 12.6 Å². The Kier molecular flexibility index (Phi) is 3.05. The summed E-state index contributed by atoms with van der Waals surface area (Å²) in [5.74, 6) is -1.68. The Bertz CT molecular complexity index is 278. The van der Waals surface area contributed by atoms with Crippen molar-refractivity contribution in [1.29, 1.82) is 0 Å². The molecule has 66 valence electrons. The third kappa shape index (κ3) is 1.95. The molecule has 0 aliphatic heterocycles. The van der Waals surface area contributed by atoms with Gasteiger partial charge >= 0.3 is 0 Å². The van der Waals surface area contributed by atoms with Crippen LogP contribution in [0.1, 0.15) is 10.9 Å². The molecule has 0 saturated heterocycles. The van der Waals surface area contributed by atoms with Gasteiger partial charge in [0.05, 0.1) is 5.37 Å². The van der Waals surface area contributed by atoms with Crippen molar-refractivity contribution >= 4 is 12.6 Å². The van der Waals surface area contributed by atoms with E-state index in [0.29, 0.717) is 5.56 Å². The highest BCUT2D eigenvalue weighted by Gasteiger charge is 2.06. The van der Waals surface area contributed by atoms with Crippen molar-refractivity contribution in [2.45, 2.75) is 5.37 Å². The highest BCUT2D eigenvalue weighted by atomic mass is 32.1. The first kappa shape index (κ1) is 9.48. The van der Waals surface area contributed by atoms with Crippen molar-refractivity contribution in [2.75, 3.05) is 7.05 Å². The van der Waals surface area contributed by atoms with Gasteiger partial charge in [0.1, 0.15) is 0 Å². The minimum Gasteiger partial charge on any atom is -0.305 e. The van der Waals surface area contributed by atoms with Crippen LogP contribution < -0.4 is 5.32 Å². The number of hydrogen-bond acceptors (Lipinski definition) is 2. The van der Waals surface area contributed by atoms with Crippen LogP contribution in [0.15, 0.2) is 18.2 Å². The molecule has 0 saturated carbocycles. The second-order valence-corrected chi connectivity index (χ2v) is 2.88. The molecule has 1 aromatic rings. The Morgan fingerprint density at radius 1 is 1.33 bits per heavy atom. The largest absolute Gasteiger partial charge is 0.305 e. The lowest BCUT2D eigenvalue weighted by molar-refractivity contribution is 0.506. The van der Waals surface area contributed by atoms with E-state index >= 15 is 0 Å². The molecule has 0 aromatic heterocycles. The third-order valence-corrected chi connectivity index (χ3v) is 2.09. The molecule has 1 rings (SSSR count). The fourth-order valence-electron chi connectivity index (χ4n) is 0.849. The Hall–Kier alpha value is -0.610. The summed E-state index contributed by atoms with van der Waals surface area (Å²) in [5.41, 5.74) is 0.611. The highest BCUT2D eigenvalue weighted by Crippen LogP contribution is 2.18. The van der Waals surface area contributed by atoms with Crippen LogP contribution in [0.5, 0.6) is 0 Å². The van der Waals surface area contributed by atoms with Gasteiger partial charge in [0, 0.05) is 0 Å². The zero-order chi connectivity index (χ0) is 9.14. The van der Waals surface area contributed by atoms with Crippen LogP contribution in [-0.2, 0) is 0 Å². The van der Waals surface area contributed by atoms with Crippen LogP contribution in [0, 0.1) is 11.6 Å². The van der Waals surface area contributed by atoms with E-state index in [1.165, 1.54) is 6.07 Å². The monoisotopic (exact) mass is 189 g/mol. The van der Waals surface area contributed by atoms with Gasteiger partial charge in [-0.05, 0) is 24.7 Å². The fraction of sp³-hybridized carbons (Fsp3) is 0.250. The predicted molar refractivity (Wildman–Crippen MR) is 47.1 cm³/mol. The van der Waals surface area contributed by atoms with E-state index in [1.807, 2.05) is 0 Å². The minimum absolute atomic E-state index is 0.264. The van der Waals surface area contributed by atoms with E-state index in [9.17, 15) is 8.78 Å². The smallest absolute Gasteiger partial charge is 0.159 e. The Balaban J connectivity index is 2.96. The maximum atomic E-state index is 12.6. The minimum atomic E-state index is -0.846. The molecule has 0 aliphatic carbocycles. The molecule has 4 heteroatoms. The molecule has 0 amide bonds. The van der Waals surface area contributed by atoms with Crippen molar-refractivity contribution in [1.82, 2.24) is 5.32 Å². The summed E-state index contributed by atoms with van der Waals surface area (Å²) < 4.78 is 25.1. The average Bonchev–Trinajstić information content (AvgIpc) is 2.08. The van der Waals surface area contributed by atoms with E-state index in [4.69, 9.17) is 0 Å². The van der Waals surface area contributed by atoms with Crippen molar-refractivity contribution in [2.24, 2.45) is 0 Å². The van der Waals surface area contributed by atoms with Crippen LogP contribution in [-0.4, -0.2) is 7.05 Å². The van der Waals surface area contributed by atoms with Crippen molar-refractivity contribution in [3.8, 4) is 0 Å². The van der Waals surface area contributed by atoms with Gasteiger partial charge in [-0.3, -0.25) is 0 Å². The Morgan fingerprint density at radius 2 is 2.00 bits per heavy atom. The molecule has 1 unspecified atom stereocenters. The van der Waals surface area contributed by atoms with Gasteiger partial charge in [0.25, 0.3) is 0 Å². The maximum Gasteiger partial charge on any atom is 0.159 e. The van der Waals surface area contributed by atoms with Crippen molar-refractivity contribution in [3.05, 3.63) is 35.4 Å². The molecule has 0 heterocycles. The summed E-state index contributed by atoms with van der Waals surface area (Å²) >= 11 is 4.10. The van der Waals surface area contributed by atoms with Gasteiger partial charge in [0.15, 0.2) is 11.6 Å². The normalized spacial score (nSPS) is 13.0. The third-order valence-electron chi connectivity index (χ3n) is 1.53. The van der Waals surface area contributed by atoms with Crippen molar-refractivity contribution in [3.63, 3.8) is 0 Å².